The van der Waals surface area contributed by atoms with Crippen molar-refractivity contribution in [3.8, 4) is 5.75 Å². The lowest BCUT2D eigenvalue weighted by Crippen LogP contribution is -2.47. The second-order valence-electron chi connectivity index (χ2n) is 6.35. The lowest BCUT2D eigenvalue weighted by molar-refractivity contribution is -0.118. The molecule has 3 rings (SSSR count). The van der Waals surface area contributed by atoms with Crippen LogP contribution >= 0.6 is 22.6 Å². The highest BCUT2D eigenvalue weighted by Crippen LogP contribution is 2.34. The molecule has 146 valence electrons. The van der Waals surface area contributed by atoms with Gasteiger partial charge < -0.3 is 20.7 Å². The van der Waals surface area contributed by atoms with Crippen LogP contribution in [0, 0.1) is 3.57 Å². The van der Waals surface area contributed by atoms with Gasteiger partial charge in [-0.2, -0.15) is 0 Å². The van der Waals surface area contributed by atoms with Crippen LogP contribution in [0.2, 0.25) is 0 Å². The highest BCUT2D eigenvalue weighted by atomic mass is 127. The number of nitrogens with one attached hydrogen (secondary N) is 3. The average molecular weight is 491 g/mol. The Morgan fingerprint density at radius 2 is 1.96 bits per heavy atom. The van der Waals surface area contributed by atoms with E-state index in [4.69, 9.17) is 4.74 Å². The number of hydrogen-bond acceptors (Lipinski definition) is 3. The molecule has 0 saturated carbocycles. The number of carbonyl (C=O) groups is 2. The molecule has 0 aromatic heterocycles. The number of carbonyl (C=O) groups excluding carboxylic acids is 2. The molecule has 3 amide bonds. The minimum absolute atomic E-state index is 0.236. The van der Waals surface area contributed by atoms with Gasteiger partial charge in [-0.15, -0.1) is 0 Å². The largest absolute Gasteiger partial charge is 0.494 e. The molecule has 3 N–H and O–H groups in total. The van der Waals surface area contributed by atoms with Gasteiger partial charge in [0.25, 0.3) is 5.91 Å². The molecule has 1 aliphatic rings. The Bertz CT molecular complexity index is 912. The van der Waals surface area contributed by atoms with E-state index in [2.05, 4.69) is 38.5 Å². The summed E-state index contributed by atoms with van der Waals surface area (Å²) in [6.45, 7) is 4.53. The zero-order valence-corrected chi connectivity index (χ0v) is 17.9. The van der Waals surface area contributed by atoms with Crippen molar-refractivity contribution in [1.29, 1.82) is 0 Å². The smallest absolute Gasteiger partial charge is 0.319 e. The minimum atomic E-state index is -0.596. The number of benzene rings is 2. The van der Waals surface area contributed by atoms with Crippen molar-refractivity contribution in [3.63, 3.8) is 0 Å². The number of halogens is 1. The number of amides is 3. The van der Waals surface area contributed by atoms with Gasteiger partial charge in [0.15, 0.2) is 0 Å². The van der Waals surface area contributed by atoms with Gasteiger partial charge in [-0.3, -0.25) is 4.79 Å². The maximum Gasteiger partial charge on any atom is 0.319 e. The monoisotopic (exact) mass is 491 g/mol. The number of allylic oxidation sites excluding steroid dienone is 1. The fraction of sp³-hybridized carbons (Fsp3) is 0.238. The Balaban J connectivity index is 1.93. The van der Waals surface area contributed by atoms with Crippen LogP contribution in [0.15, 0.2) is 59.8 Å². The normalized spacial score (nSPS) is 16.2. The van der Waals surface area contributed by atoms with Gasteiger partial charge in [-0.1, -0.05) is 30.3 Å². The Hall–Kier alpha value is -2.55. The molecule has 1 heterocycles. The molecule has 1 atom stereocenters. The summed E-state index contributed by atoms with van der Waals surface area (Å²) in [7, 11) is 0. The van der Waals surface area contributed by atoms with E-state index in [9.17, 15) is 9.59 Å². The van der Waals surface area contributed by atoms with Crippen molar-refractivity contribution in [2.24, 2.45) is 0 Å². The fourth-order valence-electron chi connectivity index (χ4n) is 3.13. The topological polar surface area (TPSA) is 79.5 Å². The first-order valence-corrected chi connectivity index (χ1v) is 10.1. The second kappa shape index (κ2) is 9.09. The highest BCUT2D eigenvalue weighted by molar-refractivity contribution is 14.1. The zero-order valence-electron chi connectivity index (χ0n) is 15.7. The van der Waals surface area contributed by atoms with Crippen LogP contribution in [0.5, 0.6) is 5.75 Å². The maximum atomic E-state index is 13.0. The molecule has 2 aromatic rings. The Kier molecular flexibility index (Phi) is 6.56. The molecular weight excluding hydrogens is 469 g/mol. The SMILES string of the molecule is CCOc1ccc(I)cc1[C@@H]1NC(=O)NC(C)=C1C(=O)NCc1ccccc1. The van der Waals surface area contributed by atoms with Gasteiger partial charge in [0.1, 0.15) is 5.75 Å². The van der Waals surface area contributed by atoms with Crippen LogP contribution in [0.4, 0.5) is 4.79 Å². The molecule has 7 heteroatoms. The van der Waals surface area contributed by atoms with Crippen LogP contribution < -0.4 is 20.7 Å². The van der Waals surface area contributed by atoms with E-state index in [1.165, 1.54) is 0 Å². The summed E-state index contributed by atoms with van der Waals surface area (Å²) < 4.78 is 6.73. The van der Waals surface area contributed by atoms with Gasteiger partial charge in [-0.25, -0.2) is 4.79 Å². The van der Waals surface area contributed by atoms with Crippen molar-refractivity contribution in [3.05, 3.63) is 74.5 Å². The first kappa shape index (κ1) is 20.2. The maximum absolute atomic E-state index is 13.0. The van der Waals surface area contributed by atoms with Crippen molar-refractivity contribution in [1.82, 2.24) is 16.0 Å². The van der Waals surface area contributed by atoms with Crippen molar-refractivity contribution < 1.29 is 14.3 Å². The number of urea groups is 1. The third-order valence-corrected chi connectivity index (χ3v) is 5.06. The first-order chi connectivity index (χ1) is 13.5. The van der Waals surface area contributed by atoms with E-state index >= 15 is 0 Å². The lowest BCUT2D eigenvalue weighted by atomic mass is 9.94. The van der Waals surface area contributed by atoms with Crippen LogP contribution in [0.3, 0.4) is 0 Å². The lowest BCUT2D eigenvalue weighted by Gasteiger charge is -2.30. The first-order valence-electron chi connectivity index (χ1n) is 9.02. The van der Waals surface area contributed by atoms with Gasteiger partial charge in [-0.05, 0) is 60.2 Å². The van der Waals surface area contributed by atoms with Crippen LogP contribution in [-0.4, -0.2) is 18.5 Å². The molecule has 0 radical (unpaired) electrons. The molecule has 0 bridgehead atoms. The molecule has 0 unspecified atom stereocenters. The Labute approximate surface area is 177 Å². The summed E-state index contributed by atoms with van der Waals surface area (Å²) in [6.07, 6.45) is 0. The standard InChI is InChI=1S/C21H22IN3O3/c1-3-28-17-10-9-15(22)11-16(17)19-18(13(2)24-21(27)25-19)20(26)23-12-14-7-5-4-6-8-14/h4-11,19H,3,12H2,1-2H3,(H,23,26)(H2,24,25,27)/t19-/m0/s1. The van der Waals surface area contributed by atoms with Crippen LogP contribution in [-0.2, 0) is 11.3 Å². The second-order valence-corrected chi connectivity index (χ2v) is 7.60. The summed E-state index contributed by atoms with van der Waals surface area (Å²) in [5, 5.41) is 8.52. The van der Waals surface area contributed by atoms with E-state index in [0.29, 0.717) is 30.2 Å². The summed E-state index contributed by atoms with van der Waals surface area (Å²) in [4.78, 5) is 25.2. The molecule has 1 aliphatic heterocycles. The van der Waals surface area contributed by atoms with Gasteiger partial charge in [0.05, 0.1) is 18.2 Å². The number of ether oxygens (including phenoxy) is 1. The van der Waals surface area contributed by atoms with E-state index in [1.807, 2.05) is 55.5 Å². The Morgan fingerprint density at radius 1 is 1.21 bits per heavy atom. The van der Waals surface area contributed by atoms with Crippen molar-refractivity contribution in [2.45, 2.75) is 26.4 Å². The zero-order chi connectivity index (χ0) is 20.1. The summed E-state index contributed by atoms with van der Waals surface area (Å²) in [6, 6.07) is 14.5. The molecule has 6 nitrogen and oxygen atoms in total. The molecule has 0 fully saturated rings. The summed E-state index contributed by atoms with van der Waals surface area (Å²) >= 11 is 2.21. The average Bonchev–Trinajstić information content (AvgIpc) is 2.68. The predicted molar refractivity (Wildman–Crippen MR) is 116 cm³/mol. The molecule has 0 spiro atoms. The van der Waals surface area contributed by atoms with E-state index in [1.54, 1.807) is 6.92 Å². The highest BCUT2D eigenvalue weighted by Gasteiger charge is 2.33. The van der Waals surface area contributed by atoms with E-state index in [-0.39, 0.29) is 11.9 Å². The van der Waals surface area contributed by atoms with Crippen LogP contribution in [0.25, 0.3) is 0 Å². The summed E-state index contributed by atoms with van der Waals surface area (Å²) in [5.74, 6) is 0.413. The molecular formula is C21H22IN3O3. The number of rotatable bonds is 6. The molecule has 2 aromatic carbocycles. The van der Waals surface area contributed by atoms with Crippen molar-refractivity contribution >= 4 is 34.5 Å². The molecule has 28 heavy (non-hydrogen) atoms. The van der Waals surface area contributed by atoms with Gasteiger partial charge in [0.2, 0.25) is 0 Å². The third kappa shape index (κ3) is 4.64. The predicted octanol–water partition coefficient (Wildman–Crippen LogP) is 3.63. The van der Waals surface area contributed by atoms with Crippen LogP contribution in [0.1, 0.15) is 31.0 Å². The quantitative estimate of drug-likeness (QED) is 0.541. The number of hydrogen-bond donors (Lipinski definition) is 3. The van der Waals surface area contributed by atoms with Gasteiger partial charge >= 0.3 is 6.03 Å². The minimum Gasteiger partial charge on any atom is -0.494 e. The van der Waals surface area contributed by atoms with Gasteiger partial charge in [0, 0.05) is 21.4 Å². The fourth-order valence-corrected chi connectivity index (χ4v) is 3.65. The van der Waals surface area contributed by atoms with E-state index in [0.717, 1.165) is 14.7 Å². The van der Waals surface area contributed by atoms with Crippen molar-refractivity contribution in [2.75, 3.05) is 6.61 Å². The Morgan fingerprint density at radius 3 is 2.68 bits per heavy atom. The third-order valence-electron chi connectivity index (χ3n) is 4.39. The van der Waals surface area contributed by atoms with E-state index < -0.39 is 6.04 Å². The summed E-state index contributed by atoms with van der Waals surface area (Å²) in [5.41, 5.74) is 2.76. The molecule has 0 aliphatic carbocycles. The molecule has 0 saturated heterocycles.